The van der Waals surface area contributed by atoms with Crippen LogP contribution in [0.3, 0.4) is 0 Å². The fourth-order valence-electron chi connectivity index (χ4n) is 2.52. The number of nitrogens with two attached hydrogens (primary N) is 1. The van der Waals surface area contributed by atoms with Crippen molar-refractivity contribution >= 4 is 16.7 Å². The van der Waals surface area contributed by atoms with Gasteiger partial charge in [-0.1, -0.05) is 45.5 Å². The molecule has 0 bridgehead atoms. The number of nitrogens with one attached hydrogen (secondary N) is 1. The van der Waals surface area contributed by atoms with E-state index in [0.29, 0.717) is 6.54 Å². The molecule has 0 saturated heterocycles. The molecule has 23 heavy (non-hydrogen) atoms. The van der Waals surface area contributed by atoms with Crippen LogP contribution < -0.4 is 5.73 Å². The number of hydrogen-bond acceptors (Lipinski definition) is 3. The van der Waals surface area contributed by atoms with Crippen molar-refractivity contribution in [3.63, 3.8) is 0 Å². The highest BCUT2D eigenvalue weighted by atomic mass is 14.9. The first-order valence-corrected chi connectivity index (χ1v) is 7.73. The van der Waals surface area contributed by atoms with Gasteiger partial charge in [-0.2, -0.15) is 0 Å². The Labute approximate surface area is 136 Å². The van der Waals surface area contributed by atoms with Crippen molar-refractivity contribution in [2.45, 2.75) is 27.3 Å². The highest BCUT2D eigenvalue weighted by Crippen LogP contribution is 2.35. The molecule has 0 saturated carbocycles. The zero-order valence-electron chi connectivity index (χ0n) is 13.9. The van der Waals surface area contributed by atoms with Crippen LogP contribution in [0.15, 0.2) is 43.2 Å². The van der Waals surface area contributed by atoms with Crippen LogP contribution in [0.1, 0.15) is 31.9 Å². The van der Waals surface area contributed by atoms with E-state index in [1.54, 1.807) is 6.20 Å². The maximum atomic E-state index is 5.73. The Morgan fingerprint density at radius 1 is 1.30 bits per heavy atom. The third-order valence-electron chi connectivity index (χ3n) is 4.07. The lowest BCUT2D eigenvalue weighted by Crippen LogP contribution is -2.07. The average Bonchev–Trinajstić information content (AvgIpc) is 2.96. The Bertz CT molecular complexity index is 868. The normalized spacial score (nSPS) is 11.8. The molecule has 0 radical (unpaired) electrons. The van der Waals surface area contributed by atoms with Gasteiger partial charge in [0.05, 0.1) is 11.9 Å². The van der Waals surface area contributed by atoms with Crippen molar-refractivity contribution in [1.29, 1.82) is 0 Å². The summed E-state index contributed by atoms with van der Waals surface area (Å²) in [6, 6.07) is 8.09. The van der Waals surface area contributed by atoms with Gasteiger partial charge in [-0.05, 0) is 22.6 Å². The van der Waals surface area contributed by atoms with E-state index >= 15 is 0 Å². The number of aromatic nitrogens is 3. The maximum absolute atomic E-state index is 5.73. The molecule has 3 N–H and O–H groups in total. The number of allylic oxidation sites excluding steroid dienone is 1. The number of hydrogen-bond donors (Lipinski definition) is 2. The Hall–Kier alpha value is -2.46. The third kappa shape index (κ3) is 2.90. The van der Waals surface area contributed by atoms with E-state index in [1.807, 2.05) is 24.4 Å². The summed E-state index contributed by atoms with van der Waals surface area (Å²) in [5.41, 5.74) is 12.4. The minimum atomic E-state index is -0.0216. The van der Waals surface area contributed by atoms with E-state index < -0.39 is 0 Å². The molecule has 0 unspecified atom stereocenters. The van der Waals surface area contributed by atoms with Crippen molar-refractivity contribution < 1.29 is 0 Å². The predicted molar refractivity (Wildman–Crippen MR) is 95.7 cm³/mol. The molecule has 118 valence electrons. The van der Waals surface area contributed by atoms with Crippen molar-refractivity contribution in [2.75, 3.05) is 0 Å². The molecule has 0 fully saturated rings. The van der Waals surface area contributed by atoms with Crippen LogP contribution in [0.25, 0.3) is 28.0 Å². The average molecular weight is 306 g/mol. The lowest BCUT2D eigenvalue weighted by Gasteiger charge is -2.21. The second-order valence-electron chi connectivity index (χ2n) is 6.79. The molecule has 0 amide bonds. The van der Waals surface area contributed by atoms with Gasteiger partial charge in [-0.25, -0.2) is 9.97 Å². The van der Waals surface area contributed by atoms with E-state index in [1.165, 1.54) is 0 Å². The Balaban J connectivity index is 2.12. The van der Waals surface area contributed by atoms with Crippen LogP contribution in [-0.2, 0) is 6.54 Å². The highest BCUT2D eigenvalue weighted by Gasteiger charge is 2.20. The first-order chi connectivity index (χ1) is 10.9. The summed E-state index contributed by atoms with van der Waals surface area (Å²) >= 11 is 0. The molecule has 4 heteroatoms. The molecule has 0 spiro atoms. The van der Waals surface area contributed by atoms with Crippen LogP contribution in [0.5, 0.6) is 0 Å². The first kappa shape index (κ1) is 15.4. The van der Waals surface area contributed by atoms with E-state index in [-0.39, 0.29) is 5.41 Å². The second-order valence-corrected chi connectivity index (χ2v) is 6.79. The molecule has 0 aliphatic rings. The summed E-state index contributed by atoms with van der Waals surface area (Å²) < 4.78 is 0. The topological polar surface area (TPSA) is 67.6 Å². The molecule has 0 atom stereocenters. The fraction of sp³-hybridized carbons (Fsp3) is 0.263. The van der Waals surface area contributed by atoms with E-state index in [9.17, 15) is 0 Å². The predicted octanol–water partition coefficient (Wildman–Crippen LogP) is 4.14. The lowest BCUT2D eigenvalue weighted by atomic mass is 9.84. The minimum absolute atomic E-state index is 0.0216. The van der Waals surface area contributed by atoms with Crippen molar-refractivity contribution in [2.24, 2.45) is 11.1 Å². The smallest absolute Gasteiger partial charge is 0.156 e. The molecular weight excluding hydrogens is 284 g/mol. The third-order valence-corrected chi connectivity index (χ3v) is 4.07. The van der Waals surface area contributed by atoms with Gasteiger partial charge in [0.2, 0.25) is 0 Å². The molecule has 4 nitrogen and oxygen atoms in total. The van der Waals surface area contributed by atoms with Gasteiger partial charge in [0.25, 0.3) is 0 Å². The van der Waals surface area contributed by atoms with Crippen LogP contribution in [-0.4, -0.2) is 15.0 Å². The maximum Gasteiger partial charge on any atom is 0.156 e. The van der Waals surface area contributed by atoms with Gasteiger partial charge < -0.3 is 10.7 Å². The lowest BCUT2D eigenvalue weighted by molar-refractivity contribution is 0.568. The highest BCUT2D eigenvalue weighted by molar-refractivity contribution is 5.89. The van der Waals surface area contributed by atoms with Crippen molar-refractivity contribution in [3.05, 3.63) is 54.4 Å². The van der Waals surface area contributed by atoms with Gasteiger partial charge in [-0.15, -0.1) is 0 Å². The zero-order chi connectivity index (χ0) is 16.6. The molecule has 0 aliphatic heterocycles. The number of fused-ring (bicyclic) bond motifs is 1. The standard InChI is InChI=1S/C19H22N4/c1-12(19(2,3)4)15-10-21-18-17(15)23-16(11-22-18)14-7-5-6-13(8-14)9-20/h5-8,10-11H,1,9,20H2,2-4H3,(H,21,22). The molecule has 0 aliphatic carbocycles. The van der Waals surface area contributed by atoms with Crippen LogP contribution in [0.2, 0.25) is 0 Å². The Kier molecular flexibility index (Phi) is 3.78. The van der Waals surface area contributed by atoms with Crippen molar-refractivity contribution in [1.82, 2.24) is 15.0 Å². The van der Waals surface area contributed by atoms with E-state index in [0.717, 1.165) is 39.1 Å². The quantitative estimate of drug-likeness (QED) is 0.764. The minimum Gasteiger partial charge on any atom is -0.344 e. The van der Waals surface area contributed by atoms with E-state index in [4.69, 9.17) is 10.7 Å². The van der Waals surface area contributed by atoms with Gasteiger partial charge in [0.1, 0.15) is 5.52 Å². The van der Waals surface area contributed by atoms with Crippen LogP contribution >= 0.6 is 0 Å². The summed E-state index contributed by atoms with van der Waals surface area (Å²) in [5.74, 6) is 0. The summed E-state index contributed by atoms with van der Waals surface area (Å²) in [5, 5.41) is 0. The molecule has 3 rings (SSSR count). The number of nitrogens with zero attached hydrogens (tertiary/aromatic N) is 2. The first-order valence-electron chi connectivity index (χ1n) is 7.73. The number of benzene rings is 1. The van der Waals surface area contributed by atoms with Crippen molar-refractivity contribution in [3.8, 4) is 11.3 Å². The number of aromatic amines is 1. The van der Waals surface area contributed by atoms with E-state index in [2.05, 4.69) is 43.4 Å². The Morgan fingerprint density at radius 2 is 2.09 bits per heavy atom. The summed E-state index contributed by atoms with van der Waals surface area (Å²) in [7, 11) is 0. The monoisotopic (exact) mass is 306 g/mol. The molecule has 3 aromatic rings. The molecular formula is C19H22N4. The number of rotatable bonds is 3. The summed E-state index contributed by atoms with van der Waals surface area (Å²) in [6.07, 6.45) is 3.73. The van der Waals surface area contributed by atoms with Crippen LogP contribution in [0.4, 0.5) is 0 Å². The van der Waals surface area contributed by atoms with Gasteiger partial charge in [0, 0.05) is 23.9 Å². The van der Waals surface area contributed by atoms with Gasteiger partial charge in [-0.3, -0.25) is 0 Å². The SMILES string of the molecule is C=C(c1c[nH]c2ncc(-c3cccc(CN)c3)nc12)C(C)(C)C. The molecule has 2 heterocycles. The fourth-order valence-corrected chi connectivity index (χ4v) is 2.52. The summed E-state index contributed by atoms with van der Waals surface area (Å²) in [4.78, 5) is 12.5. The second kappa shape index (κ2) is 5.63. The number of H-pyrrole nitrogens is 1. The largest absolute Gasteiger partial charge is 0.344 e. The van der Waals surface area contributed by atoms with Crippen LogP contribution in [0, 0.1) is 5.41 Å². The molecule has 2 aromatic heterocycles. The summed E-state index contributed by atoms with van der Waals surface area (Å²) in [6.45, 7) is 11.2. The zero-order valence-corrected chi connectivity index (χ0v) is 13.9. The molecule has 1 aromatic carbocycles. The Morgan fingerprint density at radius 3 is 2.78 bits per heavy atom. The van der Waals surface area contributed by atoms with Gasteiger partial charge >= 0.3 is 0 Å². The van der Waals surface area contributed by atoms with Gasteiger partial charge in [0.15, 0.2) is 5.65 Å².